The smallest absolute Gasteiger partial charge is 0.261 e. The molecule has 4 rings (SSSR count). The maximum absolute atomic E-state index is 12.7. The third kappa shape index (κ3) is 4.55. The number of nitrogens with zero attached hydrogens (tertiary/aromatic N) is 1. The van der Waals surface area contributed by atoms with Gasteiger partial charge in [0, 0.05) is 29.0 Å². The maximum Gasteiger partial charge on any atom is 0.261 e. The van der Waals surface area contributed by atoms with Crippen molar-refractivity contribution in [1.82, 2.24) is 15.0 Å². The third-order valence-corrected chi connectivity index (χ3v) is 5.33. The van der Waals surface area contributed by atoms with Crippen LogP contribution in [0.4, 0.5) is 5.69 Å². The maximum atomic E-state index is 12.7. The summed E-state index contributed by atoms with van der Waals surface area (Å²) in [5, 5.41) is 14.3. The Morgan fingerprint density at radius 3 is 2.68 bits per heavy atom. The van der Waals surface area contributed by atoms with Gasteiger partial charge in [0.15, 0.2) is 0 Å². The number of pyridine rings is 1. The van der Waals surface area contributed by atoms with Crippen LogP contribution in [0.5, 0.6) is 0 Å². The fraction of sp³-hybridized carbons (Fsp3) is 0.167. The molecule has 158 valence electrons. The molecular formula is C24H23ClN4O2. The summed E-state index contributed by atoms with van der Waals surface area (Å²) >= 11 is 6.02. The van der Waals surface area contributed by atoms with Crippen LogP contribution in [0.2, 0.25) is 5.02 Å². The van der Waals surface area contributed by atoms with Gasteiger partial charge in [-0.25, -0.2) is 4.98 Å². The first kappa shape index (κ1) is 20.9. The Labute approximate surface area is 185 Å². The summed E-state index contributed by atoms with van der Waals surface area (Å²) < 4.78 is 0. The minimum Gasteiger partial charge on any atom is -0.387 e. The highest BCUT2D eigenvalue weighted by Gasteiger charge is 2.18. The number of hydrogen-bond donors (Lipinski definition) is 4. The lowest BCUT2D eigenvalue weighted by atomic mass is 10.1. The first-order valence-electron chi connectivity index (χ1n) is 10.1. The zero-order valence-electron chi connectivity index (χ0n) is 17.0. The standard InChI is InChI=1S/C24H23ClN4O2/c1-2-18-22(15-7-4-3-5-8-15)29-23(28-18)21-19(11-12-26-24(21)31)27-14-20(30)16-9-6-10-17(25)13-16/h3-13,20,30H,2,14H2,1H3,(H,28,29)(H2,26,27,31). The van der Waals surface area contributed by atoms with Crippen LogP contribution in [0.3, 0.4) is 0 Å². The minimum atomic E-state index is -0.784. The highest BCUT2D eigenvalue weighted by Crippen LogP contribution is 2.29. The van der Waals surface area contributed by atoms with E-state index in [-0.39, 0.29) is 12.1 Å². The summed E-state index contributed by atoms with van der Waals surface area (Å²) in [7, 11) is 0. The van der Waals surface area contributed by atoms with Crippen molar-refractivity contribution in [3.05, 3.63) is 93.5 Å². The Morgan fingerprint density at radius 2 is 1.94 bits per heavy atom. The molecule has 1 atom stereocenters. The van der Waals surface area contributed by atoms with Gasteiger partial charge in [-0.05, 0) is 30.2 Å². The number of rotatable bonds is 7. The summed E-state index contributed by atoms with van der Waals surface area (Å²) in [4.78, 5) is 23.5. The Hall–Kier alpha value is -3.35. The number of aliphatic hydroxyl groups excluding tert-OH is 1. The van der Waals surface area contributed by atoms with E-state index in [0.717, 1.165) is 23.4 Å². The van der Waals surface area contributed by atoms with E-state index in [9.17, 15) is 9.90 Å². The van der Waals surface area contributed by atoms with Crippen molar-refractivity contribution in [2.24, 2.45) is 0 Å². The number of imidazole rings is 1. The number of aromatic amines is 2. The van der Waals surface area contributed by atoms with Crippen LogP contribution >= 0.6 is 11.6 Å². The average molecular weight is 435 g/mol. The minimum absolute atomic E-state index is 0.212. The van der Waals surface area contributed by atoms with Crippen molar-refractivity contribution in [2.75, 3.05) is 11.9 Å². The summed E-state index contributed by atoms with van der Waals surface area (Å²) in [6, 6.07) is 18.7. The van der Waals surface area contributed by atoms with E-state index >= 15 is 0 Å². The van der Waals surface area contributed by atoms with Crippen molar-refractivity contribution < 1.29 is 5.11 Å². The molecule has 7 heteroatoms. The molecular weight excluding hydrogens is 412 g/mol. The van der Waals surface area contributed by atoms with E-state index in [1.807, 2.05) is 43.3 Å². The van der Waals surface area contributed by atoms with Gasteiger partial charge in [0.2, 0.25) is 0 Å². The molecule has 0 aliphatic heterocycles. The second-order valence-corrected chi connectivity index (χ2v) is 7.62. The Bertz CT molecular complexity index is 1230. The molecule has 4 N–H and O–H groups in total. The molecule has 2 aromatic carbocycles. The van der Waals surface area contributed by atoms with Gasteiger partial charge in [-0.3, -0.25) is 4.79 Å². The number of aryl methyl sites for hydroxylation is 1. The number of anilines is 1. The summed E-state index contributed by atoms with van der Waals surface area (Å²) in [5.74, 6) is 0.484. The zero-order chi connectivity index (χ0) is 21.8. The van der Waals surface area contributed by atoms with E-state index in [4.69, 9.17) is 16.6 Å². The highest BCUT2D eigenvalue weighted by molar-refractivity contribution is 6.30. The van der Waals surface area contributed by atoms with Crippen molar-refractivity contribution >= 4 is 17.3 Å². The molecule has 0 aliphatic rings. The zero-order valence-corrected chi connectivity index (χ0v) is 17.8. The van der Waals surface area contributed by atoms with E-state index < -0.39 is 6.10 Å². The second-order valence-electron chi connectivity index (χ2n) is 7.18. The molecule has 0 saturated heterocycles. The van der Waals surface area contributed by atoms with Crippen LogP contribution in [-0.4, -0.2) is 26.6 Å². The van der Waals surface area contributed by atoms with Gasteiger partial charge < -0.3 is 20.4 Å². The first-order valence-corrected chi connectivity index (χ1v) is 10.5. The van der Waals surface area contributed by atoms with Crippen LogP contribution in [-0.2, 0) is 6.42 Å². The number of halogens is 1. The van der Waals surface area contributed by atoms with E-state index in [1.54, 1.807) is 30.5 Å². The lowest BCUT2D eigenvalue weighted by molar-refractivity contribution is 0.191. The Morgan fingerprint density at radius 1 is 1.13 bits per heavy atom. The van der Waals surface area contributed by atoms with E-state index in [1.165, 1.54) is 0 Å². The number of aliphatic hydroxyl groups is 1. The molecule has 31 heavy (non-hydrogen) atoms. The second kappa shape index (κ2) is 9.20. The predicted molar refractivity (Wildman–Crippen MR) is 124 cm³/mol. The average Bonchev–Trinajstić information content (AvgIpc) is 3.22. The fourth-order valence-electron chi connectivity index (χ4n) is 3.52. The van der Waals surface area contributed by atoms with Crippen molar-refractivity contribution in [2.45, 2.75) is 19.4 Å². The monoisotopic (exact) mass is 434 g/mol. The predicted octanol–water partition coefficient (Wildman–Crippen LogP) is 4.79. The van der Waals surface area contributed by atoms with E-state index in [0.29, 0.717) is 27.7 Å². The summed E-state index contributed by atoms with van der Waals surface area (Å²) in [5.41, 5.74) is 4.18. The summed E-state index contributed by atoms with van der Waals surface area (Å²) in [6.45, 7) is 2.25. The molecule has 0 fully saturated rings. The Kier molecular flexibility index (Phi) is 6.21. The SMILES string of the molecule is CCc1[nH]c(-c2c(NCC(O)c3cccc(Cl)c3)cc[nH]c2=O)nc1-c1ccccc1. The molecule has 0 spiro atoms. The third-order valence-electron chi connectivity index (χ3n) is 5.10. The highest BCUT2D eigenvalue weighted by atomic mass is 35.5. The molecule has 4 aromatic rings. The van der Waals surface area contributed by atoms with Gasteiger partial charge >= 0.3 is 0 Å². The van der Waals surface area contributed by atoms with Crippen molar-refractivity contribution in [3.63, 3.8) is 0 Å². The summed E-state index contributed by atoms with van der Waals surface area (Å²) in [6.07, 6.45) is 1.54. The molecule has 6 nitrogen and oxygen atoms in total. The molecule has 2 aromatic heterocycles. The van der Waals surface area contributed by atoms with Crippen LogP contribution in [0.25, 0.3) is 22.6 Å². The number of hydrogen-bond acceptors (Lipinski definition) is 4. The van der Waals surface area contributed by atoms with Gasteiger partial charge in [0.1, 0.15) is 11.4 Å². The van der Waals surface area contributed by atoms with Crippen molar-refractivity contribution in [1.29, 1.82) is 0 Å². The fourth-order valence-corrected chi connectivity index (χ4v) is 3.72. The van der Waals surface area contributed by atoms with Gasteiger partial charge in [-0.15, -0.1) is 0 Å². The normalized spacial score (nSPS) is 12.0. The molecule has 2 heterocycles. The largest absolute Gasteiger partial charge is 0.387 e. The molecule has 1 unspecified atom stereocenters. The molecule has 0 amide bonds. The number of benzene rings is 2. The number of H-pyrrole nitrogens is 2. The lowest BCUT2D eigenvalue weighted by Crippen LogP contribution is -2.17. The Balaban J connectivity index is 1.66. The number of aromatic nitrogens is 3. The van der Waals surface area contributed by atoms with Gasteiger partial charge in [0.25, 0.3) is 5.56 Å². The van der Waals surface area contributed by atoms with Crippen LogP contribution in [0.1, 0.15) is 24.3 Å². The topological polar surface area (TPSA) is 93.8 Å². The molecule has 0 bridgehead atoms. The van der Waals surface area contributed by atoms with Crippen molar-refractivity contribution in [3.8, 4) is 22.6 Å². The quantitative estimate of drug-likeness (QED) is 0.336. The van der Waals surface area contributed by atoms with E-state index in [2.05, 4.69) is 15.3 Å². The van der Waals surface area contributed by atoms with Crippen LogP contribution in [0, 0.1) is 0 Å². The molecule has 0 radical (unpaired) electrons. The molecule has 0 saturated carbocycles. The first-order chi connectivity index (χ1) is 15.1. The van der Waals surface area contributed by atoms with Gasteiger partial charge in [-0.1, -0.05) is 61.0 Å². The molecule has 0 aliphatic carbocycles. The number of nitrogens with one attached hydrogen (secondary N) is 3. The lowest BCUT2D eigenvalue weighted by Gasteiger charge is -2.15. The van der Waals surface area contributed by atoms with Crippen LogP contribution < -0.4 is 10.9 Å². The van der Waals surface area contributed by atoms with Gasteiger partial charge in [0.05, 0.1) is 17.5 Å². The van der Waals surface area contributed by atoms with Gasteiger partial charge in [-0.2, -0.15) is 0 Å². The van der Waals surface area contributed by atoms with Crippen LogP contribution in [0.15, 0.2) is 71.7 Å².